The lowest BCUT2D eigenvalue weighted by Crippen LogP contribution is -2.56. The number of carbonyl (C=O) groups is 1. The van der Waals surface area contributed by atoms with Crippen LogP contribution >= 0.6 is 0 Å². The predicted molar refractivity (Wildman–Crippen MR) is 103 cm³/mol. The highest BCUT2D eigenvalue weighted by molar-refractivity contribution is 5.68. The molecule has 0 radical (unpaired) electrons. The molecule has 2 aromatic heterocycles. The summed E-state index contributed by atoms with van der Waals surface area (Å²) in [5.41, 5.74) is -0.434. The number of halogens is 4. The van der Waals surface area contributed by atoms with Crippen molar-refractivity contribution < 1.29 is 31.8 Å². The first-order valence-electron chi connectivity index (χ1n) is 10.1. The molecule has 2 aromatic rings. The Balaban J connectivity index is 1.52. The number of anilines is 1. The molecule has 0 bridgehead atoms. The summed E-state index contributed by atoms with van der Waals surface area (Å²) in [6.45, 7) is 0.591. The van der Waals surface area contributed by atoms with Gasteiger partial charge in [-0.25, -0.2) is 27.0 Å². The van der Waals surface area contributed by atoms with Crippen LogP contribution < -0.4 is 10.1 Å². The fraction of sp³-hybridized carbons (Fsp3) is 0.579. The molecule has 1 saturated heterocycles. The lowest BCUT2D eigenvalue weighted by atomic mass is 9.92. The van der Waals surface area contributed by atoms with Crippen LogP contribution in [0, 0.1) is 0 Å². The molecule has 9 nitrogen and oxygen atoms in total. The third kappa shape index (κ3) is 5.02. The minimum Gasteiger partial charge on any atom is -0.470 e. The van der Waals surface area contributed by atoms with Crippen LogP contribution in [0.25, 0.3) is 5.95 Å². The van der Waals surface area contributed by atoms with Gasteiger partial charge in [0, 0.05) is 31.1 Å². The molecule has 1 aliphatic carbocycles. The van der Waals surface area contributed by atoms with Crippen LogP contribution in [-0.2, 0) is 4.74 Å². The number of amides is 1. The van der Waals surface area contributed by atoms with Gasteiger partial charge >= 0.3 is 6.09 Å². The van der Waals surface area contributed by atoms with Crippen molar-refractivity contribution in [3.63, 3.8) is 0 Å². The van der Waals surface area contributed by atoms with Gasteiger partial charge in [-0.05, 0) is 18.9 Å². The molecular formula is C19H22F4N6O3. The van der Waals surface area contributed by atoms with Gasteiger partial charge in [-0.3, -0.25) is 0 Å². The van der Waals surface area contributed by atoms with E-state index >= 15 is 0 Å². The summed E-state index contributed by atoms with van der Waals surface area (Å²) in [4.78, 5) is 21.5. The first kappa shape index (κ1) is 22.1. The van der Waals surface area contributed by atoms with Crippen LogP contribution in [0.15, 0.2) is 18.3 Å². The maximum atomic E-state index is 13.5. The minimum atomic E-state index is -2.75. The average Bonchev–Trinajstić information content (AvgIpc) is 3.22. The highest BCUT2D eigenvalue weighted by Crippen LogP contribution is 2.34. The summed E-state index contributed by atoms with van der Waals surface area (Å²) in [5, 5.41) is 6.88. The maximum absolute atomic E-state index is 13.5. The highest BCUT2D eigenvalue weighted by atomic mass is 19.3. The number of nitrogens with zero attached hydrogens (tertiary/aromatic N) is 5. The van der Waals surface area contributed by atoms with Crippen LogP contribution in [0.2, 0.25) is 0 Å². The van der Waals surface area contributed by atoms with Crippen molar-refractivity contribution in [2.45, 2.75) is 50.2 Å². The van der Waals surface area contributed by atoms with Crippen molar-refractivity contribution in [3.8, 4) is 11.8 Å². The summed E-state index contributed by atoms with van der Waals surface area (Å²) < 4.78 is 64.3. The predicted octanol–water partition coefficient (Wildman–Crippen LogP) is 3.42. The fourth-order valence-electron chi connectivity index (χ4n) is 3.57. The van der Waals surface area contributed by atoms with Gasteiger partial charge in [-0.15, -0.1) is 0 Å². The number of hydrogen-bond donors (Lipinski definition) is 1. The van der Waals surface area contributed by atoms with E-state index in [-0.39, 0.29) is 49.7 Å². The third-order valence-electron chi connectivity index (χ3n) is 5.37. The number of carbonyl (C=O) groups excluding carboxylic acids is 1. The highest BCUT2D eigenvalue weighted by Gasteiger charge is 2.36. The fourth-order valence-corrected chi connectivity index (χ4v) is 3.57. The summed E-state index contributed by atoms with van der Waals surface area (Å²) in [7, 11) is 1.28. The van der Waals surface area contributed by atoms with Gasteiger partial charge in [0.2, 0.25) is 11.8 Å². The van der Waals surface area contributed by atoms with Crippen molar-refractivity contribution in [2.24, 2.45) is 0 Å². The Kier molecular flexibility index (Phi) is 6.07. The number of methoxy groups -OCH3 is 1. The van der Waals surface area contributed by atoms with Crippen LogP contribution in [0.1, 0.15) is 37.8 Å². The second-order valence-electron chi connectivity index (χ2n) is 7.77. The van der Waals surface area contributed by atoms with Gasteiger partial charge < -0.3 is 19.7 Å². The molecule has 0 unspecified atom stereocenters. The van der Waals surface area contributed by atoms with E-state index in [1.165, 1.54) is 24.3 Å². The smallest absolute Gasteiger partial charge is 0.409 e. The van der Waals surface area contributed by atoms with E-state index in [1.807, 2.05) is 0 Å². The van der Waals surface area contributed by atoms with Crippen LogP contribution in [0.4, 0.5) is 28.2 Å². The normalized spacial score (nSPS) is 19.0. The molecule has 2 aliphatic rings. The summed E-state index contributed by atoms with van der Waals surface area (Å²) >= 11 is 0. The maximum Gasteiger partial charge on any atom is 0.409 e. The first-order valence-corrected chi connectivity index (χ1v) is 10.1. The van der Waals surface area contributed by atoms with Gasteiger partial charge in [-0.1, -0.05) is 0 Å². The standard InChI is InChI=1S/C19H22F4N6O3/c1-31-18(30)28-9-12(10-28)32-15-8-14(24-11-2-5-19(22,23)6-3-11)25-17(26-15)29-7-4-13(27-29)16(20)21/h4,7-8,11-12,16H,2-3,5-6,9-10H2,1H3,(H,24,25,26). The molecule has 1 saturated carbocycles. The number of likely N-dealkylation sites (tertiary alicyclic amines) is 1. The molecule has 3 heterocycles. The van der Waals surface area contributed by atoms with Gasteiger partial charge in [0.1, 0.15) is 17.6 Å². The zero-order chi connectivity index (χ0) is 22.9. The van der Waals surface area contributed by atoms with E-state index in [2.05, 4.69) is 25.1 Å². The van der Waals surface area contributed by atoms with Gasteiger partial charge in [0.15, 0.2) is 0 Å². The molecule has 0 aromatic carbocycles. The SMILES string of the molecule is COC(=O)N1CC(Oc2cc(NC3CCC(F)(F)CC3)nc(-n3ccc(C(F)F)n3)n2)C1. The molecule has 13 heteroatoms. The van der Waals surface area contributed by atoms with Crippen LogP contribution in [0.5, 0.6) is 5.88 Å². The molecule has 32 heavy (non-hydrogen) atoms. The molecular weight excluding hydrogens is 436 g/mol. The third-order valence-corrected chi connectivity index (χ3v) is 5.37. The zero-order valence-electron chi connectivity index (χ0n) is 17.2. The van der Waals surface area contributed by atoms with E-state index in [0.717, 1.165) is 10.7 Å². The number of nitrogens with one attached hydrogen (secondary N) is 1. The molecule has 1 amide bonds. The lowest BCUT2D eigenvalue weighted by molar-refractivity contribution is -0.0361. The van der Waals surface area contributed by atoms with E-state index in [1.54, 1.807) is 0 Å². The number of aromatic nitrogens is 4. The van der Waals surface area contributed by atoms with Gasteiger partial charge in [-0.2, -0.15) is 15.1 Å². The van der Waals surface area contributed by atoms with E-state index in [9.17, 15) is 22.4 Å². The largest absolute Gasteiger partial charge is 0.470 e. The molecule has 1 aliphatic heterocycles. The van der Waals surface area contributed by atoms with Crippen molar-refractivity contribution in [3.05, 3.63) is 24.0 Å². The molecule has 0 atom stereocenters. The Hall–Kier alpha value is -3.12. The minimum absolute atomic E-state index is 0.0119. The quantitative estimate of drug-likeness (QED) is 0.663. The first-order chi connectivity index (χ1) is 15.2. The van der Waals surface area contributed by atoms with Gasteiger partial charge in [0.25, 0.3) is 12.4 Å². The number of alkyl halides is 4. The average molecular weight is 458 g/mol. The Morgan fingerprint density at radius 2 is 1.97 bits per heavy atom. The van der Waals surface area contributed by atoms with E-state index in [0.29, 0.717) is 18.9 Å². The topological polar surface area (TPSA) is 94.4 Å². The van der Waals surface area contributed by atoms with Crippen LogP contribution in [-0.4, -0.2) is 69.0 Å². The second kappa shape index (κ2) is 8.79. The van der Waals surface area contributed by atoms with Crippen molar-refractivity contribution in [2.75, 3.05) is 25.5 Å². The van der Waals surface area contributed by atoms with Gasteiger partial charge in [0.05, 0.1) is 20.2 Å². The van der Waals surface area contributed by atoms with Crippen molar-refractivity contribution >= 4 is 11.9 Å². The molecule has 2 fully saturated rings. The Morgan fingerprint density at radius 3 is 2.59 bits per heavy atom. The summed E-state index contributed by atoms with van der Waals surface area (Å²) in [5.74, 6) is -2.23. The Morgan fingerprint density at radius 1 is 1.25 bits per heavy atom. The van der Waals surface area contributed by atoms with E-state index < -0.39 is 24.1 Å². The molecule has 1 N–H and O–H groups in total. The monoisotopic (exact) mass is 458 g/mol. The summed E-state index contributed by atoms with van der Waals surface area (Å²) in [6, 6.07) is 2.44. The molecule has 4 rings (SSSR count). The number of ether oxygens (including phenoxy) is 2. The Bertz CT molecular complexity index is 956. The van der Waals surface area contributed by atoms with Crippen molar-refractivity contribution in [1.82, 2.24) is 24.6 Å². The van der Waals surface area contributed by atoms with Crippen LogP contribution in [0.3, 0.4) is 0 Å². The molecule has 0 spiro atoms. The molecule has 174 valence electrons. The number of hydrogen-bond acceptors (Lipinski definition) is 7. The van der Waals surface area contributed by atoms with Crippen molar-refractivity contribution in [1.29, 1.82) is 0 Å². The Labute approximate surface area is 180 Å². The number of rotatable bonds is 6. The second-order valence-corrected chi connectivity index (χ2v) is 7.77. The summed E-state index contributed by atoms with van der Waals surface area (Å²) in [6.07, 6.45) is -2.20. The van der Waals surface area contributed by atoms with E-state index in [4.69, 9.17) is 4.74 Å². The lowest BCUT2D eigenvalue weighted by Gasteiger charge is -2.37. The zero-order valence-corrected chi connectivity index (χ0v) is 17.2.